The maximum Gasteiger partial charge on any atom is 0.326 e. The highest BCUT2D eigenvalue weighted by atomic mass is 32.2. The molecule has 0 aliphatic rings. The Balaban J connectivity index is 5.50. The van der Waals surface area contributed by atoms with Gasteiger partial charge in [-0.05, 0) is 62.5 Å². The van der Waals surface area contributed by atoms with Crippen molar-refractivity contribution in [3.05, 3.63) is 0 Å². The summed E-state index contributed by atoms with van der Waals surface area (Å²) in [6.07, 6.45) is 4.82. The van der Waals surface area contributed by atoms with E-state index < -0.39 is 47.9 Å². The monoisotopic (exact) mass is 503 g/mol. The first-order chi connectivity index (χ1) is 16.0. The van der Waals surface area contributed by atoms with Gasteiger partial charge in [0.1, 0.15) is 18.1 Å². The standard InChI is InChI=1S/C23H45N5O5S/c1-6-15(4)19(25)22(31)26-16(9-7-8-11-24)20(29)28-18(13-14(2)3)21(30)27-17(23(32)33)10-12-34-5/h14-19H,6-13,24-25H2,1-5H3,(H,26,31)(H,27,30)(H,28,29)(H,32,33). The Morgan fingerprint density at radius 2 is 1.44 bits per heavy atom. The number of amides is 3. The quantitative estimate of drug-likeness (QED) is 0.149. The third-order valence-corrected chi connectivity index (χ3v) is 6.35. The number of nitrogens with two attached hydrogens (primary N) is 2. The summed E-state index contributed by atoms with van der Waals surface area (Å²) in [5.41, 5.74) is 11.6. The second-order valence-corrected chi connectivity index (χ2v) is 10.1. The summed E-state index contributed by atoms with van der Waals surface area (Å²) >= 11 is 1.49. The fourth-order valence-corrected chi connectivity index (χ4v) is 3.75. The van der Waals surface area contributed by atoms with Gasteiger partial charge in [-0.3, -0.25) is 14.4 Å². The van der Waals surface area contributed by atoms with Gasteiger partial charge in [-0.2, -0.15) is 11.8 Å². The first-order valence-corrected chi connectivity index (χ1v) is 13.5. The highest BCUT2D eigenvalue weighted by Crippen LogP contribution is 2.10. The van der Waals surface area contributed by atoms with E-state index in [1.54, 1.807) is 0 Å². The minimum absolute atomic E-state index is 0.0542. The molecule has 0 heterocycles. The van der Waals surface area contributed by atoms with Crippen LogP contribution in [-0.2, 0) is 19.2 Å². The number of rotatable bonds is 18. The van der Waals surface area contributed by atoms with Crippen molar-refractivity contribution in [3.63, 3.8) is 0 Å². The van der Waals surface area contributed by atoms with Crippen LogP contribution >= 0.6 is 11.8 Å². The van der Waals surface area contributed by atoms with Crippen molar-refractivity contribution in [1.29, 1.82) is 0 Å². The summed E-state index contributed by atoms with van der Waals surface area (Å²) in [7, 11) is 0. The number of unbranched alkanes of at least 4 members (excludes halogenated alkanes) is 1. The lowest BCUT2D eigenvalue weighted by Crippen LogP contribution is -2.57. The molecule has 198 valence electrons. The lowest BCUT2D eigenvalue weighted by atomic mass is 9.98. The molecule has 3 amide bonds. The van der Waals surface area contributed by atoms with Gasteiger partial charge in [0.15, 0.2) is 0 Å². The van der Waals surface area contributed by atoms with Gasteiger partial charge in [0, 0.05) is 0 Å². The zero-order chi connectivity index (χ0) is 26.3. The van der Waals surface area contributed by atoms with Crippen LogP contribution < -0.4 is 27.4 Å². The molecule has 0 aromatic rings. The van der Waals surface area contributed by atoms with Gasteiger partial charge >= 0.3 is 5.97 Å². The molecule has 34 heavy (non-hydrogen) atoms. The number of hydrogen-bond donors (Lipinski definition) is 6. The molecule has 5 unspecified atom stereocenters. The molecule has 0 aromatic carbocycles. The molecule has 0 aromatic heterocycles. The van der Waals surface area contributed by atoms with Crippen LogP contribution in [0.3, 0.4) is 0 Å². The Morgan fingerprint density at radius 1 is 0.882 bits per heavy atom. The number of carbonyl (C=O) groups is 4. The Kier molecular flexibility index (Phi) is 16.6. The average molecular weight is 504 g/mol. The van der Waals surface area contributed by atoms with E-state index in [9.17, 15) is 24.3 Å². The number of carbonyl (C=O) groups excluding carboxylic acids is 3. The second kappa shape index (κ2) is 17.6. The van der Waals surface area contributed by atoms with Crippen molar-refractivity contribution >= 4 is 35.5 Å². The highest BCUT2D eigenvalue weighted by molar-refractivity contribution is 7.98. The largest absolute Gasteiger partial charge is 0.480 e. The first kappa shape index (κ1) is 32.1. The van der Waals surface area contributed by atoms with E-state index in [1.165, 1.54) is 11.8 Å². The summed E-state index contributed by atoms with van der Waals surface area (Å²) in [5, 5.41) is 17.4. The number of thioether (sulfide) groups is 1. The van der Waals surface area contributed by atoms with Gasteiger partial charge in [0.2, 0.25) is 17.7 Å². The molecule has 5 atom stereocenters. The number of hydrogen-bond acceptors (Lipinski definition) is 7. The van der Waals surface area contributed by atoms with Crippen LogP contribution in [0.4, 0.5) is 0 Å². The molecule has 0 saturated heterocycles. The Hall–Kier alpha value is -1.85. The van der Waals surface area contributed by atoms with Crippen LogP contribution in [0.15, 0.2) is 0 Å². The molecule has 0 bridgehead atoms. The highest BCUT2D eigenvalue weighted by Gasteiger charge is 2.31. The average Bonchev–Trinajstić information content (AvgIpc) is 2.78. The van der Waals surface area contributed by atoms with Crippen LogP contribution in [0.25, 0.3) is 0 Å². The fourth-order valence-electron chi connectivity index (χ4n) is 3.28. The smallest absolute Gasteiger partial charge is 0.326 e. The summed E-state index contributed by atoms with van der Waals surface area (Å²) in [5.74, 6) is -2.02. The summed E-state index contributed by atoms with van der Waals surface area (Å²) in [4.78, 5) is 50.2. The predicted octanol–water partition coefficient (Wildman–Crippen LogP) is 0.827. The third kappa shape index (κ3) is 12.6. The molecule has 0 aliphatic heterocycles. The molecule has 8 N–H and O–H groups in total. The van der Waals surface area contributed by atoms with E-state index in [0.717, 1.165) is 6.42 Å². The van der Waals surface area contributed by atoms with Crippen LogP contribution in [0, 0.1) is 11.8 Å². The molecule has 11 heteroatoms. The van der Waals surface area contributed by atoms with Gasteiger partial charge in [0.05, 0.1) is 6.04 Å². The van der Waals surface area contributed by atoms with E-state index >= 15 is 0 Å². The van der Waals surface area contributed by atoms with Crippen LogP contribution in [0.5, 0.6) is 0 Å². The number of aliphatic carboxylic acids is 1. The van der Waals surface area contributed by atoms with Crippen molar-refractivity contribution < 1.29 is 24.3 Å². The van der Waals surface area contributed by atoms with Crippen LogP contribution in [-0.4, -0.2) is 71.5 Å². The summed E-state index contributed by atoms with van der Waals surface area (Å²) in [6.45, 7) is 8.06. The molecule has 0 radical (unpaired) electrons. The van der Waals surface area contributed by atoms with Gasteiger partial charge in [0.25, 0.3) is 0 Å². The lowest BCUT2D eigenvalue weighted by Gasteiger charge is -2.27. The summed E-state index contributed by atoms with van der Waals surface area (Å²) in [6, 6.07) is -3.60. The Morgan fingerprint density at radius 3 is 1.94 bits per heavy atom. The van der Waals surface area contributed by atoms with Crippen molar-refractivity contribution in [2.45, 2.75) is 90.4 Å². The van der Waals surface area contributed by atoms with Gasteiger partial charge < -0.3 is 32.5 Å². The molecule has 0 fully saturated rings. The van der Waals surface area contributed by atoms with E-state index in [4.69, 9.17) is 11.5 Å². The second-order valence-electron chi connectivity index (χ2n) is 9.13. The number of nitrogens with one attached hydrogen (secondary N) is 3. The fraction of sp³-hybridized carbons (Fsp3) is 0.826. The van der Waals surface area contributed by atoms with Gasteiger partial charge in [-0.25, -0.2) is 4.79 Å². The van der Waals surface area contributed by atoms with Gasteiger partial charge in [-0.1, -0.05) is 34.1 Å². The zero-order valence-corrected chi connectivity index (χ0v) is 22.1. The minimum atomic E-state index is -1.12. The normalized spacial score (nSPS) is 15.6. The summed E-state index contributed by atoms with van der Waals surface area (Å²) < 4.78 is 0. The maximum absolute atomic E-state index is 13.1. The molecular formula is C23H45N5O5S. The Bertz CT molecular complexity index is 649. The lowest BCUT2D eigenvalue weighted by molar-refractivity contribution is -0.142. The minimum Gasteiger partial charge on any atom is -0.480 e. The molecule has 0 aliphatic carbocycles. The number of carboxylic acids is 1. The van der Waals surface area contributed by atoms with Crippen molar-refractivity contribution in [1.82, 2.24) is 16.0 Å². The maximum atomic E-state index is 13.1. The van der Waals surface area contributed by atoms with E-state index in [1.807, 2.05) is 34.0 Å². The Labute approximate surface area is 208 Å². The topological polar surface area (TPSA) is 177 Å². The molecular weight excluding hydrogens is 458 g/mol. The van der Waals surface area contributed by atoms with E-state index in [0.29, 0.717) is 38.0 Å². The SMILES string of the molecule is CCC(C)C(N)C(=O)NC(CCCCN)C(=O)NC(CC(C)C)C(=O)NC(CCSC)C(=O)O. The van der Waals surface area contributed by atoms with E-state index in [-0.39, 0.29) is 18.3 Å². The van der Waals surface area contributed by atoms with Crippen molar-refractivity contribution in [2.24, 2.45) is 23.3 Å². The number of carboxylic acid groups (broad SMARTS) is 1. The predicted molar refractivity (Wildman–Crippen MR) is 136 cm³/mol. The van der Waals surface area contributed by atoms with Crippen molar-refractivity contribution in [2.75, 3.05) is 18.6 Å². The molecule has 0 saturated carbocycles. The first-order valence-electron chi connectivity index (χ1n) is 12.1. The van der Waals surface area contributed by atoms with E-state index in [2.05, 4.69) is 16.0 Å². The van der Waals surface area contributed by atoms with Crippen molar-refractivity contribution in [3.8, 4) is 0 Å². The van der Waals surface area contributed by atoms with Crippen LogP contribution in [0.2, 0.25) is 0 Å². The third-order valence-electron chi connectivity index (χ3n) is 5.70. The molecule has 0 rings (SSSR count). The van der Waals surface area contributed by atoms with Crippen LogP contribution in [0.1, 0.15) is 66.2 Å². The zero-order valence-electron chi connectivity index (χ0n) is 21.3. The molecule has 10 nitrogen and oxygen atoms in total. The molecule has 0 spiro atoms. The van der Waals surface area contributed by atoms with Gasteiger partial charge in [-0.15, -0.1) is 0 Å².